The molecular weight excluding hydrogens is 1190 g/mol. The molecular formula is C71H138O17P2. The van der Waals surface area contributed by atoms with Crippen LogP contribution in [0.4, 0.5) is 0 Å². The van der Waals surface area contributed by atoms with Crippen LogP contribution in [0.5, 0.6) is 0 Å². The lowest BCUT2D eigenvalue weighted by Gasteiger charge is -2.21. The van der Waals surface area contributed by atoms with E-state index in [1.807, 2.05) is 0 Å². The van der Waals surface area contributed by atoms with Gasteiger partial charge < -0.3 is 33.8 Å². The maximum Gasteiger partial charge on any atom is 0.472 e. The van der Waals surface area contributed by atoms with Crippen molar-refractivity contribution in [3.63, 3.8) is 0 Å². The highest BCUT2D eigenvalue weighted by molar-refractivity contribution is 7.47. The Labute approximate surface area is 549 Å². The summed E-state index contributed by atoms with van der Waals surface area (Å²) in [5.74, 6) is 0.913. The second-order valence-electron chi connectivity index (χ2n) is 27.1. The first-order valence-corrected chi connectivity index (χ1v) is 39.8. The molecule has 0 spiro atoms. The van der Waals surface area contributed by atoms with Crippen LogP contribution in [0.3, 0.4) is 0 Å². The van der Waals surface area contributed by atoms with Crippen molar-refractivity contribution in [2.75, 3.05) is 39.6 Å². The summed E-state index contributed by atoms with van der Waals surface area (Å²) in [5, 5.41) is 10.6. The molecule has 0 heterocycles. The normalized spacial score (nSPS) is 14.9. The minimum absolute atomic E-state index is 0.104. The van der Waals surface area contributed by atoms with Gasteiger partial charge in [-0.05, 0) is 49.4 Å². The van der Waals surface area contributed by atoms with E-state index in [2.05, 4.69) is 55.4 Å². The van der Waals surface area contributed by atoms with Crippen molar-refractivity contribution in [2.24, 2.45) is 23.7 Å². The van der Waals surface area contributed by atoms with E-state index >= 15 is 0 Å². The van der Waals surface area contributed by atoms with E-state index in [9.17, 15) is 43.2 Å². The minimum atomic E-state index is -4.95. The molecule has 17 nitrogen and oxygen atoms in total. The third kappa shape index (κ3) is 62.2. The Hall–Kier alpha value is -1.94. The standard InChI is InChI=1S/C71H138O17P2/c1-9-63(7)49-41-33-25-19-14-15-21-27-37-45-53-70(75)87-66(57-81-68(73)51-43-35-26-20-13-11-12-17-23-31-39-47-61(3)4)59-85-89(77,78)83-55-65(72)56-84-90(79,80)86-60-67(58-82-69(74)52-44-36-30-29-34-42-50-64(8)10-2)88-71(76)54-46-38-28-22-16-18-24-32-40-48-62(5)6/h61-67,72H,9-60H2,1-8H3,(H,77,78)(H,79,80)/t63?,64?,65-,66-,67-/m1/s1. The Kier molecular flexibility index (Phi) is 59.4. The predicted octanol–water partition coefficient (Wildman–Crippen LogP) is 20.1. The Balaban J connectivity index is 5.27. The molecule has 0 amide bonds. The number of carbonyl (C=O) groups is 4. The molecule has 7 atom stereocenters. The highest BCUT2D eigenvalue weighted by Gasteiger charge is 2.30. The molecule has 0 aromatic carbocycles. The number of hydrogen-bond donors (Lipinski definition) is 3. The molecule has 0 aliphatic carbocycles. The Morgan fingerprint density at radius 2 is 0.533 bits per heavy atom. The number of ether oxygens (including phenoxy) is 4. The maximum atomic E-state index is 13.0. The van der Waals surface area contributed by atoms with E-state index in [4.69, 9.17) is 37.0 Å². The van der Waals surface area contributed by atoms with Crippen LogP contribution >= 0.6 is 15.6 Å². The fourth-order valence-electron chi connectivity index (χ4n) is 10.6. The van der Waals surface area contributed by atoms with Crippen molar-refractivity contribution < 1.29 is 80.2 Å². The first-order chi connectivity index (χ1) is 43.2. The van der Waals surface area contributed by atoms with Gasteiger partial charge in [0.05, 0.1) is 26.4 Å². The number of aliphatic hydroxyl groups excluding tert-OH is 1. The topological polar surface area (TPSA) is 237 Å². The van der Waals surface area contributed by atoms with Crippen molar-refractivity contribution >= 4 is 39.5 Å². The largest absolute Gasteiger partial charge is 0.472 e. The van der Waals surface area contributed by atoms with Gasteiger partial charge in [0, 0.05) is 25.7 Å². The van der Waals surface area contributed by atoms with Gasteiger partial charge in [-0.15, -0.1) is 0 Å². The van der Waals surface area contributed by atoms with Gasteiger partial charge in [0.2, 0.25) is 0 Å². The molecule has 90 heavy (non-hydrogen) atoms. The maximum absolute atomic E-state index is 13.0. The monoisotopic (exact) mass is 1320 g/mol. The van der Waals surface area contributed by atoms with Crippen LogP contribution in [0.15, 0.2) is 0 Å². The van der Waals surface area contributed by atoms with Crippen molar-refractivity contribution in [2.45, 2.75) is 369 Å². The van der Waals surface area contributed by atoms with Crippen LogP contribution < -0.4 is 0 Å². The molecule has 3 N–H and O–H groups in total. The molecule has 19 heteroatoms. The number of hydrogen-bond acceptors (Lipinski definition) is 15. The van der Waals surface area contributed by atoms with E-state index < -0.39 is 97.5 Å². The quantitative estimate of drug-likeness (QED) is 0.0222. The van der Waals surface area contributed by atoms with Crippen LogP contribution in [0, 0.1) is 23.7 Å². The number of phosphoric ester groups is 2. The number of phosphoric acid groups is 2. The number of esters is 4. The predicted molar refractivity (Wildman–Crippen MR) is 363 cm³/mol. The minimum Gasteiger partial charge on any atom is -0.462 e. The third-order valence-electron chi connectivity index (χ3n) is 17.0. The summed E-state index contributed by atoms with van der Waals surface area (Å²) < 4.78 is 68.3. The molecule has 0 fully saturated rings. The van der Waals surface area contributed by atoms with Gasteiger partial charge >= 0.3 is 39.5 Å². The zero-order chi connectivity index (χ0) is 66.8. The second kappa shape index (κ2) is 60.7. The number of rotatable bonds is 68. The van der Waals surface area contributed by atoms with Crippen molar-refractivity contribution in [1.29, 1.82) is 0 Å². The molecule has 0 aromatic rings. The number of unbranched alkanes of at least 4 members (excludes halogenated alkanes) is 32. The molecule has 0 radical (unpaired) electrons. The van der Waals surface area contributed by atoms with Crippen LogP contribution in [0.1, 0.15) is 351 Å². The molecule has 0 saturated carbocycles. The average molecular weight is 1330 g/mol. The van der Waals surface area contributed by atoms with Crippen molar-refractivity contribution in [3.8, 4) is 0 Å². The van der Waals surface area contributed by atoms with Gasteiger partial charge in [0.25, 0.3) is 0 Å². The molecule has 0 bridgehead atoms. The summed E-state index contributed by atoms with van der Waals surface area (Å²) in [4.78, 5) is 72.6. The number of aliphatic hydroxyl groups is 1. The van der Waals surface area contributed by atoms with Crippen molar-refractivity contribution in [1.82, 2.24) is 0 Å². The molecule has 4 unspecified atom stereocenters. The van der Waals surface area contributed by atoms with E-state index in [0.29, 0.717) is 25.7 Å². The van der Waals surface area contributed by atoms with E-state index in [1.54, 1.807) is 0 Å². The van der Waals surface area contributed by atoms with E-state index in [-0.39, 0.29) is 25.7 Å². The summed E-state index contributed by atoms with van der Waals surface area (Å²) in [7, 11) is -9.91. The Morgan fingerprint density at radius 3 is 0.789 bits per heavy atom. The molecule has 0 aliphatic heterocycles. The second-order valence-corrected chi connectivity index (χ2v) is 30.0. The summed E-state index contributed by atoms with van der Waals surface area (Å²) in [6.07, 6.45) is 43.0. The molecule has 0 rings (SSSR count). The zero-order valence-corrected chi connectivity index (χ0v) is 60.6. The van der Waals surface area contributed by atoms with Gasteiger partial charge in [-0.2, -0.15) is 0 Å². The SMILES string of the molecule is CCC(C)CCCCCCCCCCCCC(=O)O[C@H](COC(=O)CCCCCCCCCCCCCC(C)C)COP(=O)(O)OC[C@@H](O)COP(=O)(O)OC[C@@H](COC(=O)CCCCCCCCC(C)CC)OC(=O)CCCCCCCCCCCC(C)C. The van der Waals surface area contributed by atoms with Gasteiger partial charge in [-0.25, -0.2) is 9.13 Å². The average Bonchev–Trinajstić information content (AvgIpc) is 3.71. The molecule has 0 aromatic heterocycles. The molecule has 0 saturated heterocycles. The molecule has 0 aliphatic rings. The Bertz CT molecular complexity index is 1790. The van der Waals surface area contributed by atoms with Crippen LogP contribution in [0.25, 0.3) is 0 Å². The summed E-state index contributed by atoms with van der Waals surface area (Å²) >= 11 is 0. The number of carbonyl (C=O) groups excluding carboxylic acids is 4. The summed E-state index contributed by atoms with van der Waals surface area (Å²) in [6.45, 7) is 14.1. The van der Waals surface area contributed by atoms with Crippen LogP contribution in [-0.2, 0) is 65.4 Å². The zero-order valence-electron chi connectivity index (χ0n) is 58.8. The fraction of sp³-hybridized carbons (Fsp3) is 0.944. The van der Waals surface area contributed by atoms with Crippen LogP contribution in [-0.4, -0.2) is 96.7 Å². The fourth-order valence-corrected chi connectivity index (χ4v) is 12.2. The smallest absolute Gasteiger partial charge is 0.462 e. The van der Waals surface area contributed by atoms with Crippen molar-refractivity contribution in [3.05, 3.63) is 0 Å². The lowest BCUT2D eigenvalue weighted by molar-refractivity contribution is -0.161. The highest BCUT2D eigenvalue weighted by Crippen LogP contribution is 2.45. The first-order valence-electron chi connectivity index (χ1n) is 36.8. The lowest BCUT2D eigenvalue weighted by atomic mass is 9.99. The summed E-state index contributed by atoms with van der Waals surface area (Å²) in [6, 6.07) is 0. The molecule has 534 valence electrons. The lowest BCUT2D eigenvalue weighted by Crippen LogP contribution is -2.30. The van der Waals surface area contributed by atoms with Crippen LogP contribution in [0.2, 0.25) is 0 Å². The third-order valence-corrected chi connectivity index (χ3v) is 18.9. The highest BCUT2D eigenvalue weighted by atomic mass is 31.2. The summed E-state index contributed by atoms with van der Waals surface area (Å²) in [5.41, 5.74) is 0. The Morgan fingerprint density at radius 1 is 0.311 bits per heavy atom. The van der Waals surface area contributed by atoms with E-state index in [1.165, 1.54) is 148 Å². The van der Waals surface area contributed by atoms with Gasteiger partial charge in [-0.3, -0.25) is 37.3 Å². The first kappa shape index (κ1) is 88.1. The van der Waals surface area contributed by atoms with Gasteiger partial charge in [0.1, 0.15) is 19.3 Å². The van der Waals surface area contributed by atoms with E-state index in [0.717, 1.165) is 120 Å². The van der Waals surface area contributed by atoms with Gasteiger partial charge in [0.15, 0.2) is 12.2 Å². The van der Waals surface area contributed by atoms with Gasteiger partial charge in [-0.1, -0.05) is 299 Å².